The van der Waals surface area contributed by atoms with Crippen LogP contribution in [0, 0.1) is 11.8 Å². The molecular formula is C17H19NO. The topological polar surface area (TPSA) is 30.0 Å². The van der Waals surface area contributed by atoms with Crippen molar-refractivity contribution in [2.45, 2.75) is 32.6 Å². The fourth-order valence-electron chi connectivity index (χ4n) is 3.18. The minimum Gasteiger partial charge on any atom is -0.292 e. The predicted molar refractivity (Wildman–Crippen MR) is 77.2 cm³/mol. The SMILES string of the molecule is CC1CCCC(C(=O)c2nccc3ccccc23)C1. The second-order valence-electron chi connectivity index (χ2n) is 5.71. The van der Waals surface area contributed by atoms with Gasteiger partial charge in [-0.3, -0.25) is 9.78 Å². The molecule has 2 unspecified atom stereocenters. The summed E-state index contributed by atoms with van der Waals surface area (Å²) in [6, 6.07) is 9.98. The largest absolute Gasteiger partial charge is 0.292 e. The normalized spacial score (nSPS) is 23.4. The Morgan fingerprint density at radius 2 is 2.05 bits per heavy atom. The number of ketones is 1. The highest BCUT2D eigenvalue weighted by molar-refractivity contribution is 6.07. The number of fused-ring (bicyclic) bond motifs is 1. The Balaban J connectivity index is 1.97. The fourth-order valence-corrected chi connectivity index (χ4v) is 3.18. The molecule has 0 N–H and O–H groups in total. The molecule has 2 heteroatoms. The highest BCUT2D eigenvalue weighted by atomic mass is 16.1. The Kier molecular flexibility index (Phi) is 3.33. The van der Waals surface area contributed by atoms with Crippen LogP contribution in [0.4, 0.5) is 0 Å². The Hall–Kier alpha value is -1.70. The standard InChI is InChI=1S/C17H19NO/c1-12-5-4-7-14(11-12)17(19)16-15-8-3-2-6-13(15)9-10-18-16/h2-3,6,8-10,12,14H,4-5,7,11H2,1H3. The van der Waals surface area contributed by atoms with Crippen LogP contribution in [-0.2, 0) is 0 Å². The van der Waals surface area contributed by atoms with Crippen molar-refractivity contribution >= 4 is 16.6 Å². The molecule has 1 heterocycles. The lowest BCUT2D eigenvalue weighted by Gasteiger charge is -2.25. The van der Waals surface area contributed by atoms with E-state index in [1.807, 2.05) is 30.3 Å². The molecule has 0 radical (unpaired) electrons. The van der Waals surface area contributed by atoms with Gasteiger partial charge < -0.3 is 0 Å². The molecule has 3 rings (SSSR count). The van der Waals surface area contributed by atoms with Crippen LogP contribution in [0.3, 0.4) is 0 Å². The molecule has 98 valence electrons. The summed E-state index contributed by atoms with van der Waals surface area (Å²) < 4.78 is 0. The van der Waals surface area contributed by atoms with Gasteiger partial charge in [0.05, 0.1) is 0 Å². The first-order valence-corrected chi connectivity index (χ1v) is 7.13. The van der Waals surface area contributed by atoms with Crippen LogP contribution in [0.1, 0.15) is 43.1 Å². The number of carbonyl (C=O) groups excluding carboxylic acids is 1. The van der Waals surface area contributed by atoms with Crippen molar-refractivity contribution in [1.82, 2.24) is 4.98 Å². The van der Waals surface area contributed by atoms with Crippen molar-refractivity contribution in [1.29, 1.82) is 0 Å². The van der Waals surface area contributed by atoms with E-state index < -0.39 is 0 Å². The molecule has 1 aliphatic rings. The van der Waals surface area contributed by atoms with Gasteiger partial charge in [0.2, 0.25) is 0 Å². The van der Waals surface area contributed by atoms with Crippen molar-refractivity contribution in [2.75, 3.05) is 0 Å². The van der Waals surface area contributed by atoms with E-state index in [2.05, 4.69) is 11.9 Å². The Morgan fingerprint density at radius 3 is 2.89 bits per heavy atom. The molecule has 1 aromatic carbocycles. The quantitative estimate of drug-likeness (QED) is 0.749. The maximum atomic E-state index is 12.7. The van der Waals surface area contributed by atoms with E-state index in [1.165, 1.54) is 12.8 Å². The van der Waals surface area contributed by atoms with E-state index in [0.29, 0.717) is 11.6 Å². The lowest BCUT2D eigenvalue weighted by molar-refractivity contribution is 0.0865. The molecule has 0 aliphatic heterocycles. The van der Waals surface area contributed by atoms with Gasteiger partial charge in [0, 0.05) is 17.5 Å². The third-order valence-corrected chi connectivity index (χ3v) is 4.21. The number of benzene rings is 1. The molecule has 1 saturated carbocycles. The smallest absolute Gasteiger partial charge is 0.184 e. The van der Waals surface area contributed by atoms with Crippen LogP contribution in [0.25, 0.3) is 10.8 Å². The first kappa shape index (κ1) is 12.3. The summed E-state index contributed by atoms with van der Waals surface area (Å²) >= 11 is 0. The maximum Gasteiger partial charge on any atom is 0.184 e. The molecule has 0 amide bonds. The van der Waals surface area contributed by atoms with Crippen molar-refractivity contribution in [3.05, 3.63) is 42.2 Å². The van der Waals surface area contributed by atoms with E-state index in [1.54, 1.807) is 6.20 Å². The zero-order valence-electron chi connectivity index (χ0n) is 11.3. The van der Waals surface area contributed by atoms with E-state index in [9.17, 15) is 4.79 Å². The molecule has 2 atom stereocenters. The van der Waals surface area contributed by atoms with Crippen molar-refractivity contribution in [3.8, 4) is 0 Å². The van der Waals surface area contributed by atoms with Gasteiger partial charge >= 0.3 is 0 Å². The summed E-state index contributed by atoms with van der Waals surface area (Å²) in [6.45, 7) is 2.25. The third-order valence-electron chi connectivity index (χ3n) is 4.21. The fraction of sp³-hybridized carbons (Fsp3) is 0.412. The summed E-state index contributed by atoms with van der Waals surface area (Å²) in [5.41, 5.74) is 0.664. The Labute approximate surface area is 113 Å². The van der Waals surface area contributed by atoms with Gasteiger partial charge in [0.15, 0.2) is 5.78 Å². The lowest BCUT2D eigenvalue weighted by atomic mass is 9.79. The zero-order valence-corrected chi connectivity index (χ0v) is 11.3. The summed E-state index contributed by atoms with van der Waals surface area (Å²) in [7, 11) is 0. The monoisotopic (exact) mass is 253 g/mol. The average Bonchev–Trinajstić information content (AvgIpc) is 2.46. The minimum absolute atomic E-state index is 0.169. The van der Waals surface area contributed by atoms with Gasteiger partial charge in [-0.2, -0.15) is 0 Å². The number of pyridine rings is 1. The summed E-state index contributed by atoms with van der Waals surface area (Å²) in [6.07, 6.45) is 6.22. The van der Waals surface area contributed by atoms with Crippen LogP contribution in [0.5, 0.6) is 0 Å². The van der Waals surface area contributed by atoms with E-state index >= 15 is 0 Å². The van der Waals surface area contributed by atoms with Crippen LogP contribution < -0.4 is 0 Å². The molecule has 2 nitrogen and oxygen atoms in total. The molecule has 0 spiro atoms. The lowest BCUT2D eigenvalue weighted by Crippen LogP contribution is -2.22. The van der Waals surface area contributed by atoms with Crippen molar-refractivity contribution in [3.63, 3.8) is 0 Å². The average molecular weight is 253 g/mol. The van der Waals surface area contributed by atoms with E-state index in [4.69, 9.17) is 0 Å². The van der Waals surface area contributed by atoms with Gasteiger partial charge in [-0.1, -0.05) is 44.0 Å². The second kappa shape index (κ2) is 5.12. The Bertz CT molecular complexity index is 600. The van der Waals surface area contributed by atoms with E-state index in [0.717, 1.165) is 23.6 Å². The zero-order chi connectivity index (χ0) is 13.2. The first-order valence-electron chi connectivity index (χ1n) is 7.13. The molecule has 2 aromatic rings. The molecule has 0 saturated heterocycles. The van der Waals surface area contributed by atoms with Crippen LogP contribution >= 0.6 is 0 Å². The van der Waals surface area contributed by atoms with Crippen LogP contribution in [0.15, 0.2) is 36.5 Å². The van der Waals surface area contributed by atoms with Crippen LogP contribution in [0.2, 0.25) is 0 Å². The van der Waals surface area contributed by atoms with Gasteiger partial charge in [0.1, 0.15) is 5.69 Å². The number of hydrogen-bond acceptors (Lipinski definition) is 2. The molecule has 19 heavy (non-hydrogen) atoms. The second-order valence-corrected chi connectivity index (χ2v) is 5.71. The minimum atomic E-state index is 0.169. The van der Waals surface area contributed by atoms with Gasteiger partial charge in [0.25, 0.3) is 0 Å². The highest BCUT2D eigenvalue weighted by Crippen LogP contribution is 2.31. The predicted octanol–water partition coefficient (Wildman–Crippen LogP) is 4.24. The highest BCUT2D eigenvalue weighted by Gasteiger charge is 2.27. The first-order chi connectivity index (χ1) is 9.25. The van der Waals surface area contributed by atoms with Gasteiger partial charge in [-0.15, -0.1) is 0 Å². The van der Waals surface area contributed by atoms with Crippen molar-refractivity contribution < 1.29 is 4.79 Å². The van der Waals surface area contributed by atoms with Crippen molar-refractivity contribution in [2.24, 2.45) is 11.8 Å². The molecule has 1 aromatic heterocycles. The summed E-state index contributed by atoms with van der Waals surface area (Å²) in [5, 5.41) is 2.10. The molecule has 1 fully saturated rings. The number of Topliss-reactive ketones (excluding diaryl/α,β-unsaturated/α-hetero) is 1. The molecule has 1 aliphatic carbocycles. The number of carbonyl (C=O) groups is 1. The summed E-state index contributed by atoms with van der Waals surface area (Å²) in [5.74, 6) is 1.07. The Morgan fingerprint density at radius 1 is 1.21 bits per heavy atom. The number of rotatable bonds is 2. The number of aromatic nitrogens is 1. The molecule has 0 bridgehead atoms. The van der Waals surface area contributed by atoms with Gasteiger partial charge in [-0.05, 0) is 30.2 Å². The maximum absolute atomic E-state index is 12.7. The number of hydrogen-bond donors (Lipinski definition) is 0. The molecular weight excluding hydrogens is 234 g/mol. The third kappa shape index (κ3) is 2.40. The van der Waals surface area contributed by atoms with Crippen LogP contribution in [-0.4, -0.2) is 10.8 Å². The van der Waals surface area contributed by atoms with E-state index in [-0.39, 0.29) is 11.7 Å². The summed E-state index contributed by atoms with van der Waals surface area (Å²) in [4.78, 5) is 17.1. The van der Waals surface area contributed by atoms with Gasteiger partial charge in [-0.25, -0.2) is 0 Å². The number of nitrogens with zero attached hydrogens (tertiary/aromatic N) is 1.